The number of hydrogen-bond acceptors (Lipinski definition) is 7. The Hall–Kier alpha value is -4.09. The minimum atomic E-state index is -4.33. The molecule has 6 rings (SSSR count). The molecular formula is C43H51O7P. The predicted octanol–water partition coefficient (Wildman–Crippen LogP) is 10.4. The van der Waals surface area contributed by atoms with E-state index in [-0.39, 0.29) is 10.8 Å². The first-order valence-electron chi connectivity index (χ1n) is 17.9. The summed E-state index contributed by atoms with van der Waals surface area (Å²) in [5, 5.41) is 0. The van der Waals surface area contributed by atoms with Crippen molar-refractivity contribution in [2.24, 2.45) is 5.92 Å². The average Bonchev–Trinajstić information content (AvgIpc) is 3.41. The molecule has 0 radical (unpaired) electrons. The molecule has 1 aliphatic heterocycles. The molecule has 3 aromatic rings. The van der Waals surface area contributed by atoms with E-state index in [2.05, 4.69) is 85.7 Å². The minimum Gasteiger partial charge on any atom is -0.468 e. The van der Waals surface area contributed by atoms with Crippen LogP contribution in [0.15, 0.2) is 65.8 Å². The zero-order valence-electron chi connectivity index (χ0n) is 31.7. The standard InChI is InChI=1S/C43H51O7P/c1-25-20-28-24-29-21-26(2)23-33(43(6,7)8)38(29)50-51(46,49-37(28)32(22-25)42(3,4)5)39-31-19-15-14-18-30(31)35(34(39)27-16-12-11-13-17-27)36(40(44)47-9)41(45)48-10/h14-16,18-23,36,39H,11-13,17,24H2,1-10H3. The van der Waals surface area contributed by atoms with Crippen LogP contribution in [0.4, 0.5) is 0 Å². The molecule has 0 aromatic heterocycles. The van der Waals surface area contributed by atoms with Crippen molar-refractivity contribution in [1.82, 2.24) is 0 Å². The summed E-state index contributed by atoms with van der Waals surface area (Å²) in [4.78, 5) is 27.2. The van der Waals surface area contributed by atoms with Crippen LogP contribution in [0.3, 0.4) is 0 Å². The molecule has 0 saturated heterocycles. The highest BCUT2D eigenvalue weighted by atomic mass is 31.2. The van der Waals surface area contributed by atoms with Crippen LogP contribution in [0, 0.1) is 19.8 Å². The highest BCUT2D eigenvalue weighted by Gasteiger charge is 2.54. The number of aryl methyl sites for hydroxylation is 2. The molecule has 1 unspecified atom stereocenters. The molecule has 0 amide bonds. The second-order valence-corrected chi connectivity index (χ2v) is 18.2. The molecule has 51 heavy (non-hydrogen) atoms. The molecule has 0 spiro atoms. The number of benzene rings is 3. The van der Waals surface area contributed by atoms with Crippen molar-refractivity contribution in [3.63, 3.8) is 0 Å². The number of ether oxygens (including phenoxy) is 2. The summed E-state index contributed by atoms with van der Waals surface area (Å²) in [6, 6.07) is 16.0. The fraction of sp³-hybridized carbons (Fsp3) is 0.442. The SMILES string of the molecule is COC(=O)C(C(=O)OC)C1=C(C2=CCCCC2)C(P2(=O)Oc3c(cc(C)cc3C(C)(C)C)Cc3cc(C)cc(C(C)(C)C)c3O2)c2ccccc21. The monoisotopic (exact) mass is 710 g/mol. The quantitative estimate of drug-likeness (QED) is 0.148. The highest BCUT2D eigenvalue weighted by molar-refractivity contribution is 7.55. The predicted molar refractivity (Wildman–Crippen MR) is 202 cm³/mol. The van der Waals surface area contributed by atoms with E-state index in [1.807, 2.05) is 24.3 Å². The lowest BCUT2D eigenvalue weighted by molar-refractivity contribution is -0.155. The molecule has 0 saturated carbocycles. The van der Waals surface area contributed by atoms with Crippen molar-refractivity contribution in [3.05, 3.63) is 110 Å². The number of rotatable bonds is 5. The van der Waals surface area contributed by atoms with Crippen molar-refractivity contribution >= 4 is 25.1 Å². The normalized spacial score (nSPS) is 18.3. The molecule has 0 bridgehead atoms. The number of esters is 2. The summed E-state index contributed by atoms with van der Waals surface area (Å²) in [5.41, 5.74) is 7.56. The molecule has 7 nitrogen and oxygen atoms in total. The molecule has 1 atom stereocenters. The second kappa shape index (κ2) is 13.5. The molecule has 270 valence electrons. The van der Waals surface area contributed by atoms with Crippen LogP contribution in [0.1, 0.15) is 117 Å². The van der Waals surface area contributed by atoms with E-state index in [9.17, 15) is 9.59 Å². The van der Waals surface area contributed by atoms with Gasteiger partial charge in [-0.25, -0.2) is 4.57 Å². The number of hydrogen-bond donors (Lipinski definition) is 0. The van der Waals surface area contributed by atoms with E-state index in [0.717, 1.165) is 58.2 Å². The summed E-state index contributed by atoms with van der Waals surface area (Å²) in [6.45, 7) is 16.9. The number of fused-ring (bicyclic) bond motifs is 3. The van der Waals surface area contributed by atoms with Crippen LogP contribution in [0.25, 0.3) is 5.57 Å². The fourth-order valence-corrected chi connectivity index (χ4v) is 10.3. The highest BCUT2D eigenvalue weighted by Crippen LogP contribution is 2.71. The third-order valence-corrected chi connectivity index (χ3v) is 12.3. The zero-order chi connectivity index (χ0) is 37.0. The number of methoxy groups -OCH3 is 2. The topological polar surface area (TPSA) is 88.1 Å². The van der Waals surface area contributed by atoms with Gasteiger partial charge in [-0.3, -0.25) is 9.59 Å². The summed E-state index contributed by atoms with van der Waals surface area (Å²) < 4.78 is 41.3. The summed E-state index contributed by atoms with van der Waals surface area (Å²) in [6.07, 6.45) is 6.10. The largest absolute Gasteiger partial charge is 0.468 e. The van der Waals surface area contributed by atoms with E-state index in [0.29, 0.717) is 46.6 Å². The van der Waals surface area contributed by atoms with Crippen molar-refractivity contribution < 1.29 is 32.7 Å². The van der Waals surface area contributed by atoms with Crippen molar-refractivity contribution in [2.75, 3.05) is 14.2 Å². The lowest BCUT2D eigenvalue weighted by Crippen LogP contribution is -2.28. The van der Waals surface area contributed by atoms with Gasteiger partial charge in [-0.2, -0.15) is 0 Å². The Balaban J connectivity index is 1.75. The van der Waals surface area contributed by atoms with Gasteiger partial charge in [0.25, 0.3) is 0 Å². The van der Waals surface area contributed by atoms with Crippen molar-refractivity contribution in [3.8, 4) is 11.5 Å². The van der Waals surface area contributed by atoms with Gasteiger partial charge >= 0.3 is 19.5 Å². The first kappa shape index (κ1) is 36.7. The van der Waals surface area contributed by atoms with Gasteiger partial charge in [0.05, 0.1) is 14.2 Å². The first-order valence-corrected chi connectivity index (χ1v) is 19.5. The molecule has 0 fully saturated rings. The number of allylic oxidation sites excluding steroid dienone is 3. The maximum atomic E-state index is 16.6. The maximum Gasteiger partial charge on any atom is 0.442 e. The van der Waals surface area contributed by atoms with E-state index in [1.54, 1.807) is 0 Å². The molecule has 8 heteroatoms. The third-order valence-electron chi connectivity index (χ3n) is 10.3. The van der Waals surface area contributed by atoms with E-state index in [4.69, 9.17) is 18.5 Å². The van der Waals surface area contributed by atoms with Gasteiger partial charge in [0, 0.05) is 17.5 Å². The van der Waals surface area contributed by atoms with Crippen LogP contribution in [0.5, 0.6) is 11.5 Å². The Morgan fingerprint density at radius 1 is 0.804 bits per heavy atom. The first-order chi connectivity index (χ1) is 24.0. The molecule has 3 aromatic carbocycles. The number of carbonyl (C=O) groups excluding carboxylic acids is 2. The summed E-state index contributed by atoms with van der Waals surface area (Å²) >= 11 is 0. The molecular weight excluding hydrogens is 659 g/mol. The Morgan fingerprint density at radius 3 is 1.80 bits per heavy atom. The summed E-state index contributed by atoms with van der Waals surface area (Å²) in [5.74, 6) is -1.77. The smallest absolute Gasteiger partial charge is 0.442 e. The van der Waals surface area contributed by atoms with Crippen LogP contribution >= 0.6 is 7.60 Å². The van der Waals surface area contributed by atoms with E-state index >= 15 is 4.57 Å². The fourth-order valence-electron chi connectivity index (χ4n) is 7.94. The van der Waals surface area contributed by atoms with Crippen molar-refractivity contribution in [2.45, 2.75) is 104 Å². The Bertz CT molecular complexity index is 1930. The van der Waals surface area contributed by atoms with Gasteiger partial charge in [-0.05, 0) is 89.3 Å². The third kappa shape index (κ3) is 6.70. The van der Waals surface area contributed by atoms with Gasteiger partial charge in [-0.1, -0.05) is 107 Å². The Kier molecular flexibility index (Phi) is 9.69. The Labute approximate surface area is 303 Å². The van der Waals surface area contributed by atoms with Crippen LogP contribution in [-0.2, 0) is 40.9 Å². The van der Waals surface area contributed by atoms with Gasteiger partial charge < -0.3 is 18.5 Å². The van der Waals surface area contributed by atoms with Crippen LogP contribution in [0.2, 0.25) is 0 Å². The number of carbonyl (C=O) groups is 2. The lowest BCUT2D eigenvalue weighted by atomic mass is 9.81. The van der Waals surface area contributed by atoms with E-state index in [1.165, 1.54) is 14.2 Å². The van der Waals surface area contributed by atoms with Crippen LogP contribution in [-0.4, -0.2) is 26.2 Å². The van der Waals surface area contributed by atoms with Gasteiger partial charge in [-0.15, -0.1) is 0 Å². The van der Waals surface area contributed by atoms with Crippen molar-refractivity contribution in [1.29, 1.82) is 0 Å². The zero-order valence-corrected chi connectivity index (χ0v) is 32.6. The van der Waals surface area contributed by atoms with Gasteiger partial charge in [0.15, 0.2) is 5.92 Å². The molecule has 2 aliphatic carbocycles. The van der Waals surface area contributed by atoms with Gasteiger partial charge in [0.1, 0.15) is 17.2 Å². The summed E-state index contributed by atoms with van der Waals surface area (Å²) in [7, 11) is -1.81. The van der Waals surface area contributed by atoms with Gasteiger partial charge in [0.2, 0.25) is 0 Å². The lowest BCUT2D eigenvalue weighted by Gasteiger charge is -2.36. The minimum absolute atomic E-state index is 0.351. The Morgan fingerprint density at radius 2 is 1.33 bits per heavy atom. The molecule has 0 N–H and O–H groups in total. The molecule has 1 heterocycles. The maximum absolute atomic E-state index is 16.6. The molecule has 3 aliphatic rings. The average molecular weight is 711 g/mol. The van der Waals surface area contributed by atoms with Crippen LogP contribution < -0.4 is 9.05 Å². The van der Waals surface area contributed by atoms with E-state index < -0.39 is 31.1 Å². The second-order valence-electron chi connectivity index (χ2n) is 16.3.